The molecule has 2 aliphatic rings. The SMILES string of the molecule is CCN1CC2(CCN(Cc3cccc(C)n3)CC2)C[C@H](c2ccccc2)C1=O. The van der Waals surface area contributed by atoms with Gasteiger partial charge in [0, 0.05) is 25.3 Å². The number of hydrogen-bond donors (Lipinski definition) is 0. The molecule has 4 heteroatoms. The van der Waals surface area contributed by atoms with Crippen LogP contribution in [0.5, 0.6) is 0 Å². The third-order valence-corrected chi connectivity index (χ3v) is 6.61. The maximum atomic E-state index is 13.0. The molecule has 3 heterocycles. The van der Waals surface area contributed by atoms with Crippen molar-refractivity contribution >= 4 is 5.91 Å². The van der Waals surface area contributed by atoms with Gasteiger partial charge >= 0.3 is 0 Å². The summed E-state index contributed by atoms with van der Waals surface area (Å²) < 4.78 is 0. The number of benzene rings is 1. The lowest BCUT2D eigenvalue weighted by molar-refractivity contribution is -0.141. The molecular weight excluding hydrogens is 346 g/mol. The number of carbonyl (C=O) groups excluding carboxylic acids is 1. The number of piperidine rings is 2. The number of aromatic nitrogens is 1. The van der Waals surface area contributed by atoms with Gasteiger partial charge in [-0.25, -0.2) is 0 Å². The molecule has 1 amide bonds. The van der Waals surface area contributed by atoms with Crippen molar-refractivity contribution < 1.29 is 4.79 Å². The molecule has 0 unspecified atom stereocenters. The zero-order chi connectivity index (χ0) is 19.6. The van der Waals surface area contributed by atoms with Crippen LogP contribution in [0.1, 0.15) is 49.1 Å². The molecule has 148 valence electrons. The molecule has 0 aliphatic carbocycles. The Kier molecular flexibility index (Phi) is 5.49. The number of likely N-dealkylation sites (N-methyl/N-ethyl adjacent to an activating group) is 1. The van der Waals surface area contributed by atoms with Gasteiger partial charge in [0.15, 0.2) is 0 Å². The average Bonchev–Trinajstić information content (AvgIpc) is 2.72. The molecule has 0 saturated carbocycles. The molecular formula is C24H31N3O. The van der Waals surface area contributed by atoms with E-state index in [4.69, 9.17) is 0 Å². The minimum atomic E-state index is 0.0138. The summed E-state index contributed by atoms with van der Waals surface area (Å²) in [6.07, 6.45) is 3.31. The van der Waals surface area contributed by atoms with E-state index in [1.165, 1.54) is 5.56 Å². The predicted octanol–water partition coefficient (Wildman–Crippen LogP) is 4.01. The van der Waals surface area contributed by atoms with Gasteiger partial charge in [0.2, 0.25) is 5.91 Å². The third kappa shape index (κ3) is 3.97. The van der Waals surface area contributed by atoms with Crippen LogP contribution in [0, 0.1) is 12.3 Å². The van der Waals surface area contributed by atoms with Crippen molar-refractivity contribution in [3.8, 4) is 0 Å². The Morgan fingerprint density at radius 3 is 2.50 bits per heavy atom. The van der Waals surface area contributed by atoms with Crippen LogP contribution in [-0.4, -0.2) is 46.9 Å². The standard InChI is InChI=1S/C24H31N3O/c1-3-27-18-24(16-22(23(27)28)20-9-5-4-6-10-20)12-14-26(15-13-24)17-21-11-7-8-19(2)25-21/h4-11,22H,3,12-18H2,1-2H3/t22-/m1/s1. The topological polar surface area (TPSA) is 36.4 Å². The molecule has 2 aromatic rings. The Morgan fingerprint density at radius 2 is 1.82 bits per heavy atom. The number of aryl methyl sites for hydroxylation is 1. The Labute approximate surface area is 168 Å². The van der Waals surface area contributed by atoms with Crippen molar-refractivity contribution in [2.75, 3.05) is 26.2 Å². The molecule has 1 aromatic carbocycles. The van der Waals surface area contributed by atoms with Gasteiger partial charge in [-0.3, -0.25) is 14.7 Å². The van der Waals surface area contributed by atoms with Gasteiger partial charge < -0.3 is 4.90 Å². The Hall–Kier alpha value is -2.20. The summed E-state index contributed by atoms with van der Waals surface area (Å²) in [5, 5.41) is 0. The second-order valence-corrected chi connectivity index (χ2v) is 8.57. The van der Waals surface area contributed by atoms with Crippen molar-refractivity contribution in [2.45, 2.75) is 45.6 Å². The van der Waals surface area contributed by atoms with E-state index in [9.17, 15) is 4.79 Å². The van der Waals surface area contributed by atoms with E-state index in [1.54, 1.807) is 0 Å². The molecule has 1 spiro atoms. The van der Waals surface area contributed by atoms with Crippen LogP contribution in [0.4, 0.5) is 0 Å². The van der Waals surface area contributed by atoms with E-state index in [0.29, 0.717) is 5.91 Å². The highest BCUT2D eigenvalue weighted by Crippen LogP contribution is 2.45. The van der Waals surface area contributed by atoms with Crippen LogP contribution in [0.2, 0.25) is 0 Å². The summed E-state index contributed by atoms with van der Waals surface area (Å²) in [6.45, 7) is 8.99. The first kappa shape index (κ1) is 19.1. The van der Waals surface area contributed by atoms with Gasteiger partial charge in [0.05, 0.1) is 11.6 Å². The third-order valence-electron chi connectivity index (χ3n) is 6.61. The smallest absolute Gasteiger partial charge is 0.230 e. The first-order valence-electron chi connectivity index (χ1n) is 10.6. The van der Waals surface area contributed by atoms with E-state index in [0.717, 1.165) is 63.4 Å². The van der Waals surface area contributed by atoms with E-state index in [-0.39, 0.29) is 11.3 Å². The normalized spacial score (nSPS) is 22.6. The number of carbonyl (C=O) groups is 1. The zero-order valence-electron chi connectivity index (χ0n) is 17.1. The highest BCUT2D eigenvalue weighted by molar-refractivity contribution is 5.84. The van der Waals surface area contributed by atoms with Gasteiger partial charge in [-0.05, 0) is 69.3 Å². The van der Waals surface area contributed by atoms with Crippen molar-refractivity contribution in [3.05, 3.63) is 65.5 Å². The van der Waals surface area contributed by atoms with E-state index in [1.807, 2.05) is 6.07 Å². The van der Waals surface area contributed by atoms with Crippen LogP contribution in [-0.2, 0) is 11.3 Å². The molecule has 0 bridgehead atoms. The fourth-order valence-electron chi connectivity index (χ4n) is 4.97. The molecule has 4 rings (SSSR count). The number of rotatable bonds is 4. The molecule has 2 saturated heterocycles. The predicted molar refractivity (Wildman–Crippen MR) is 112 cm³/mol. The van der Waals surface area contributed by atoms with Crippen LogP contribution >= 0.6 is 0 Å². The molecule has 1 atom stereocenters. The van der Waals surface area contributed by atoms with E-state index < -0.39 is 0 Å². The van der Waals surface area contributed by atoms with E-state index in [2.05, 4.69) is 71.1 Å². The fourth-order valence-corrected chi connectivity index (χ4v) is 4.97. The lowest BCUT2D eigenvalue weighted by atomic mass is 9.67. The van der Waals surface area contributed by atoms with Gasteiger partial charge in [-0.1, -0.05) is 36.4 Å². The van der Waals surface area contributed by atoms with Crippen molar-refractivity contribution in [1.82, 2.24) is 14.8 Å². The monoisotopic (exact) mass is 377 g/mol. The largest absolute Gasteiger partial charge is 0.342 e. The Bertz CT molecular complexity index is 812. The molecule has 2 fully saturated rings. The van der Waals surface area contributed by atoms with Crippen molar-refractivity contribution in [2.24, 2.45) is 5.41 Å². The summed E-state index contributed by atoms with van der Waals surface area (Å²) >= 11 is 0. The Balaban J connectivity index is 1.46. The Morgan fingerprint density at radius 1 is 1.07 bits per heavy atom. The summed E-state index contributed by atoms with van der Waals surface area (Å²) in [5.41, 5.74) is 3.67. The summed E-state index contributed by atoms with van der Waals surface area (Å²) in [4.78, 5) is 22.3. The van der Waals surface area contributed by atoms with Gasteiger partial charge in [0.1, 0.15) is 0 Å². The maximum absolute atomic E-state index is 13.0. The van der Waals surface area contributed by atoms with Crippen LogP contribution in [0.3, 0.4) is 0 Å². The van der Waals surface area contributed by atoms with Gasteiger partial charge in [-0.15, -0.1) is 0 Å². The summed E-state index contributed by atoms with van der Waals surface area (Å²) in [6, 6.07) is 16.6. The minimum absolute atomic E-state index is 0.0138. The number of hydrogen-bond acceptors (Lipinski definition) is 3. The summed E-state index contributed by atoms with van der Waals surface area (Å²) in [5.74, 6) is 0.325. The van der Waals surface area contributed by atoms with Gasteiger partial charge in [-0.2, -0.15) is 0 Å². The lowest BCUT2D eigenvalue weighted by Gasteiger charge is -2.49. The number of nitrogens with zero attached hydrogens (tertiary/aromatic N) is 3. The molecule has 0 N–H and O–H groups in total. The second kappa shape index (κ2) is 8.04. The van der Waals surface area contributed by atoms with Crippen LogP contribution < -0.4 is 0 Å². The number of pyridine rings is 1. The molecule has 4 nitrogen and oxygen atoms in total. The zero-order valence-corrected chi connectivity index (χ0v) is 17.1. The maximum Gasteiger partial charge on any atom is 0.230 e. The molecule has 28 heavy (non-hydrogen) atoms. The van der Waals surface area contributed by atoms with Crippen molar-refractivity contribution in [1.29, 1.82) is 0 Å². The molecule has 1 aromatic heterocycles. The highest BCUT2D eigenvalue weighted by Gasteiger charge is 2.45. The first-order chi connectivity index (χ1) is 13.6. The van der Waals surface area contributed by atoms with Gasteiger partial charge in [0.25, 0.3) is 0 Å². The fraction of sp³-hybridized carbons (Fsp3) is 0.500. The number of likely N-dealkylation sites (tertiary alicyclic amines) is 2. The van der Waals surface area contributed by atoms with Crippen LogP contribution in [0.15, 0.2) is 48.5 Å². The van der Waals surface area contributed by atoms with Crippen LogP contribution in [0.25, 0.3) is 0 Å². The quantitative estimate of drug-likeness (QED) is 0.808. The molecule has 2 aliphatic heterocycles. The highest BCUT2D eigenvalue weighted by atomic mass is 16.2. The van der Waals surface area contributed by atoms with E-state index >= 15 is 0 Å². The summed E-state index contributed by atoms with van der Waals surface area (Å²) in [7, 11) is 0. The minimum Gasteiger partial charge on any atom is -0.342 e. The number of amides is 1. The first-order valence-corrected chi connectivity index (χ1v) is 10.6. The molecule has 0 radical (unpaired) electrons. The average molecular weight is 378 g/mol. The second-order valence-electron chi connectivity index (χ2n) is 8.57. The lowest BCUT2D eigenvalue weighted by Crippen LogP contribution is -2.53. The van der Waals surface area contributed by atoms with Crippen molar-refractivity contribution in [3.63, 3.8) is 0 Å².